The van der Waals surface area contributed by atoms with Crippen molar-refractivity contribution in [3.05, 3.63) is 53.9 Å². The van der Waals surface area contributed by atoms with Gasteiger partial charge in [-0.15, -0.1) is 0 Å². The van der Waals surface area contributed by atoms with E-state index in [4.69, 9.17) is 4.99 Å². The van der Waals surface area contributed by atoms with Gasteiger partial charge in [0.15, 0.2) is 0 Å². The van der Waals surface area contributed by atoms with Crippen molar-refractivity contribution in [3.8, 4) is 0 Å². The van der Waals surface area contributed by atoms with Gasteiger partial charge in [0.25, 0.3) is 0 Å². The van der Waals surface area contributed by atoms with Crippen LogP contribution in [-0.4, -0.2) is 48.7 Å². The van der Waals surface area contributed by atoms with Crippen LogP contribution in [0.15, 0.2) is 47.8 Å². The third-order valence-electron chi connectivity index (χ3n) is 6.47. The second-order valence-electron chi connectivity index (χ2n) is 8.77. The van der Waals surface area contributed by atoms with Gasteiger partial charge >= 0.3 is 0 Å². The lowest BCUT2D eigenvalue weighted by Crippen LogP contribution is -2.23. The third-order valence-corrected chi connectivity index (χ3v) is 7.52. The number of likely N-dealkylation sites (N-methyl/N-ethyl adjacent to an activating group) is 1. The normalized spacial score (nSPS) is 19.0. The van der Waals surface area contributed by atoms with Crippen LogP contribution in [-0.2, 0) is 6.54 Å². The largest absolute Gasteiger partial charge is 0.347 e. The molecule has 0 radical (unpaired) electrons. The van der Waals surface area contributed by atoms with E-state index in [1.165, 1.54) is 24.3 Å². The van der Waals surface area contributed by atoms with Crippen LogP contribution in [0.4, 0.5) is 0 Å². The Hall–Kier alpha value is -2.28. The fourth-order valence-electron chi connectivity index (χ4n) is 4.52. The van der Waals surface area contributed by atoms with Gasteiger partial charge in [-0.2, -0.15) is 22.0 Å². The SMILES string of the molecule is CC/C=C1/C(c2cnn(C(CC)CC)c2)=NC(c2cnn(CC3CCSCC3)c2)=CN1C. The Labute approximate surface area is 196 Å². The molecule has 32 heavy (non-hydrogen) atoms. The standard InChI is InChI=1S/C25H36N6S/c1-5-8-24-25(21-14-27-31(17-21)22(6-2)7-3)28-23(18-29(24)4)20-13-26-30(16-20)15-19-9-11-32-12-10-19/h8,13-14,16-19,22H,5-7,9-12,15H2,1-4H3/b24-8-. The van der Waals surface area contributed by atoms with Crippen LogP contribution in [0.25, 0.3) is 5.70 Å². The van der Waals surface area contributed by atoms with Crippen LogP contribution in [0, 0.1) is 5.92 Å². The first kappa shape index (κ1) is 22.9. The molecule has 7 heteroatoms. The van der Waals surface area contributed by atoms with Gasteiger partial charge in [-0.3, -0.25) is 9.36 Å². The molecule has 0 N–H and O–H groups in total. The Morgan fingerprint density at radius 1 is 1.06 bits per heavy atom. The minimum absolute atomic E-state index is 0.427. The predicted octanol–water partition coefficient (Wildman–Crippen LogP) is 5.61. The highest BCUT2D eigenvalue weighted by molar-refractivity contribution is 7.99. The van der Waals surface area contributed by atoms with Gasteiger partial charge < -0.3 is 4.90 Å². The van der Waals surface area contributed by atoms with Crippen molar-refractivity contribution < 1.29 is 0 Å². The minimum Gasteiger partial charge on any atom is -0.347 e. The molecule has 6 nitrogen and oxygen atoms in total. The summed E-state index contributed by atoms with van der Waals surface area (Å²) >= 11 is 2.07. The average molecular weight is 453 g/mol. The van der Waals surface area contributed by atoms with Gasteiger partial charge in [-0.1, -0.05) is 26.8 Å². The number of aliphatic imine (C=N–C) groups is 1. The van der Waals surface area contributed by atoms with Gasteiger partial charge in [-0.25, -0.2) is 4.99 Å². The Bertz CT molecular complexity index is 988. The summed E-state index contributed by atoms with van der Waals surface area (Å²) in [7, 11) is 2.10. The highest BCUT2D eigenvalue weighted by Gasteiger charge is 2.23. The number of hydrogen-bond donors (Lipinski definition) is 0. The fourth-order valence-corrected chi connectivity index (χ4v) is 5.73. The molecule has 0 aliphatic carbocycles. The maximum Gasteiger partial charge on any atom is 0.0974 e. The number of nitrogens with zero attached hydrogens (tertiary/aromatic N) is 6. The van der Waals surface area contributed by atoms with Gasteiger partial charge in [0.2, 0.25) is 0 Å². The Morgan fingerprint density at radius 2 is 1.81 bits per heavy atom. The van der Waals surface area contributed by atoms with Crippen molar-refractivity contribution in [2.45, 2.75) is 65.5 Å². The Morgan fingerprint density at radius 3 is 2.53 bits per heavy atom. The van der Waals surface area contributed by atoms with Crippen LogP contribution in [0.1, 0.15) is 70.0 Å². The summed E-state index contributed by atoms with van der Waals surface area (Å²) in [5, 5.41) is 9.34. The molecule has 2 aliphatic heterocycles. The molecule has 0 unspecified atom stereocenters. The first-order chi connectivity index (χ1) is 15.6. The highest BCUT2D eigenvalue weighted by atomic mass is 32.2. The summed E-state index contributed by atoms with van der Waals surface area (Å²) in [6.45, 7) is 7.60. The molecule has 4 rings (SSSR count). The number of thioether (sulfide) groups is 1. The maximum absolute atomic E-state index is 5.12. The van der Waals surface area contributed by atoms with E-state index in [0.29, 0.717) is 6.04 Å². The van der Waals surface area contributed by atoms with Gasteiger partial charge in [0.1, 0.15) is 0 Å². The predicted molar refractivity (Wildman–Crippen MR) is 135 cm³/mol. The van der Waals surface area contributed by atoms with Crippen molar-refractivity contribution in [2.75, 3.05) is 18.6 Å². The van der Waals surface area contributed by atoms with Crippen molar-refractivity contribution in [1.82, 2.24) is 24.5 Å². The molecule has 0 spiro atoms. The van der Waals surface area contributed by atoms with Gasteiger partial charge in [-0.05, 0) is 49.5 Å². The smallest absolute Gasteiger partial charge is 0.0974 e. The molecule has 2 aromatic rings. The number of allylic oxidation sites excluding steroid dienone is 2. The lowest BCUT2D eigenvalue weighted by molar-refractivity contribution is 0.394. The van der Waals surface area contributed by atoms with Crippen molar-refractivity contribution in [1.29, 1.82) is 0 Å². The molecule has 172 valence electrons. The molecular formula is C25H36N6S. The lowest BCUT2D eigenvalue weighted by Gasteiger charge is -2.25. The summed E-state index contributed by atoms with van der Waals surface area (Å²) in [6, 6.07) is 0.427. The molecule has 4 heterocycles. The Balaban J connectivity index is 1.61. The third kappa shape index (κ3) is 5.03. The van der Waals surface area contributed by atoms with E-state index >= 15 is 0 Å². The molecule has 1 saturated heterocycles. The summed E-state index contributed by atoms with van der Waals surface area (Å²) < 4.78 is 4.20. The quantitative estimate of drug-likeness (QED) is 0.522. The first-order valence-corrected chi connectivity index (χ1v) is 13.2. The zero-order valence-electron chi connectivity index (χ0n) is 19.9. The van der Waals surface area contributed by atoms with Crippen LogP contribution < -0.4 is 0 Å². The van der Waals surface area contributed by atoms with E-state index in [0.717, 1.165) is 60.0 Å². The fraction of sp³-hybridized carbons (Fsp3) is 0.560. The van der Waals surface area contributed by atoms with E-state index in [2.05, 4.69) is 88.7 Å². The van der Waals surface area contributed by atoms with Crippen molar-refractivity contribution in [3.63, 3.8) is 0 Å². The first-order valence-electron chi connectivity index (χ1n) is 12.0. The van der Waals surface area contributed by atoms with Gasteiger partial charge in [0, 0.05) is 43.3 Å². The zero-order valence-corrected chi connectivity index (χ0v) is 20.7. The average Bonchev–Trinajstić information content (AvgIpc) is 3.47. The maximum atomic E-state index is 5.12. The van der Waals surface area contributed by atoms with Crippen LogP contribution in [0.2, 0.25) is 0 Å². The van der Waals surface area contributed by atoms with E-state index in [1.54, 1.807) is 0 Å². The van der Waals surface area contributed by atoms with E-state index in [9.17, 15) is 0 Å². The summed E-state index contributed by atoms with van der Waals surface area (Å²) in [5.41, 5.74) is 5.22. The van der Waals surface area contributed by atoms with E-state index < -0.39 is 0 Å². The van der Waals surface area contributed by atoms with Gasteiger partial charge in [0.05, 0.1) is 35.5 Å². The van der Waals surface area contributed by atoms with E-state index in [1.807, 2.05) is 12.4 Å². The molecule has 2 aromatic heterocycles. The van der Waals surface area contributed by atoms with Crippen LogP contribution >= 0.6 is 11.8 Å². The minimum atomic E-state index is 0.427. The molecule has 0 amide bonds. The van der Waals surface area contributed by atoms with Crippen molar-refractivity contribution in [2.24, 2.45) is 10.9 Å². The molecule has 0 saturated carbocycles. The highest BCUT2D eigenvalue weighted by Crippen LogP contribution is 2.29. The van der Waals surface area contributed by atoms with E-state index in [-0.39, 0.29) is 0 Å². The number of hydrogen-bond acceptors (Lipinski definition) is 5. The number of rotatable bonds is 8. The second-order valence-corrected chi connectivity index (χ2v) is 9.99. The zero-order chi connectivity index (χ0) is 22.5. The molecule has 0 atom stereocenters. The molecular weight excluding hydrogens is 416 g/mol. The van der Waals surface area contributed by atoms with Crippen LogP contribution in [0.3, 0.4) is 0 Å². The molecule has 0 bridgehead atoms. The number of aromatic nitrogens is 4. The Kier molecular flexibility index (Phi) is 7.55. The lowest BCUT2D eigenvalue weighted by atomic mass is 10.0. The molecule has 0 aromatic carbocycles. The summed E-state index contributed by atoms with van der Waals surface area (Å²) in [6.07, 6.45) is 18.3. The second kappa shape index (κ2) is 10.6. The summed E-state index contributed by atoms with van der Waals surface area (Å²) in [4.78, 5) is 7.30. The summed E-state index contributed by atoms with van der Waals surface area (Å²) in [5.74, 6) is 3.29. The van der Waals surface area contributed by atoms with Crippen molar-refractivity contribution >= 4 is 23.2 Å². The molecule has 2 aliphatic rings. The van der Waals surface area contributed by atoms with Crippen LogP contribution in [0.5, 0.6) is 0 Å². The monoisotopic (exact) mass is 452 g/mol. The topological polar surface area (TPSA) is 51.2 Å². The molecule has 1 fully saturated rings.